The molecule has 0 bridgehead atoms. The van der Waals surface area contributed by atoms with Crippen molar-refractivity contribution in [3.63, 3.8) is 0 Å². The van der Waals surface area contributed by atoms with Crippen molar-refractivity contribution in [3.05, 3.63) is 70.0 Å². The molecule has 0 unspecified atom stereocenters. The van der Waals surface area contributed by atoms with E-state index in [1.54, 1.807) is 24.3 Å². The molecule has 2 aromatic carbocycles. The molecule has 0 aliphatic rings. The van der Waals surface area contributed by atoms with Crippen LogP contribution in [0.3, 0.4) is 0 Å². The van der Waals surface area contributed by atoms with Crippen LogP contribution in [-0.2, 0) is 13.1 Å². The van der Waals surface area contributed by atoms with Crippen molar-refractivity contribution in [2.24, 2.45) is 5.73 Å². The quantitative estimate of drug-likeness (QED) is 0.795. The van der Waals surface area contributed by atoms with Crippen molar-refractivity contribution in [3.8, 4) is 0 Å². The summed E-state index contributed by atoms with van der Waals surface area (Å²) in [5.41, 5.74) is 8.11. The number of benzene rings is 2. The first kappa shape index (κ1) is 12.6. The summed E-state index contributed by atoms with van der Waals surface area (Å²) < 4.78 is 20.1. The van der Waals surface area contributed by atoms with E-state index in [1.807, 2.05) is 6.07 Å². The van der Waals surface area contributed by atoms with Crippen molar-refractivity contribution in [1.29, 1.82) is 0 Å². The second kappa shape index (κ2) is 4.94. The molecule has 20 heavy (non-hydrogen) atoms. The highest BCUT2D eigenvalue weighted by Crippen LogP contribution is 2.15. The molecule has 2 N–H and O–H groups in total. The van der Waals surface area contributed by atoms with Gasteiger partial charge in [0.25, 0.3) is 0 Å². The van der Waals surface area contributed by atoms with Gasteiger partial charge in [-0.25, -0.2) is 9.18 Å². The third-order valence-electron chi connectivity index (χ3n) is 3.17. The molecule has 102 valence electrons. The van der Waals surface area contributed by atoms with Crippen molar-refractivity contribution in [1.82, 2.24) is 4.57 Å². The Morgan fingerprint density at radius 1 is 1.15 bits per heavy atom. The van der Waals surface area contributed by atoms with E-state index in [-0.39, 0.29) is 18.9 Å². The summed E-state index contributed by atoms with van der Waals surface area (Å²) in [7, 11) is 0. The molecule has 0 radical (unpaired) electrons. The van der Waals surface area contributed by atoms with Crippen LogP contribution < -0.4 is 11.5 Å². The maximum absolute atomic E-state index is 13.5. The van der Waals surface area contributed by atoms with E-state index >= 15 is 0 Å². The van der Waals surface area contributed by atoms with Gasteiger partial charge in [0.15, 0.2) is 5.58 Å². The van der Waals surface area contributed by atoms with Crippen LogP contribution in [0, 0.1) is 5.82 Å². The number of hydrogen-bond donors (Lipinski definition) is 1. The van der Waals surface area contributed by atoms with E-state index in [2.05, 4.69) is 0 Å². The van der Waals surface area contributed by atoms with Crippen LogP contribution >= 0.6 is 0 Å². The number of halogens is 1. The minimum absolute atomic E-state index is 0.251. The molecule has 0 amide bonds. The summed E-state index contributed by atoms with van der Waals surface area (Å²) in [5, 5.41) is 0. The molecule has 5 heteroatoms. The number of oxazole rings is 1. The van der Waals surface area contributed by atoms with E-state index in [4.69, 9.17) is 10.2 Å². The fourth-order valence-electron chi connectivity index (χ4n) is 2.27. The van der Waals surface area contributed by atoms with Crippen molar-refractivity contribution in [2.45, 2.75) is 13.1 Å². The fraction of sp³-hybridized carbons (Fsp3) is 0.133. The molecule has 0 spiro atoms. The Kier molecular flexibility index (Phi) is 3.12. The topological polar surface area (TPSA) is 61.2 Å². The van der Waals surface area contributed by atoms with Gasteiger partial charge in [-0.05, 0) is 35.4 Å². The van der Waals surface area contributed by atoms with E-state index < -0.39 is 5.76 Å². The van der Waals surface area contributed by atoms with Gasteiger partial charge < -0.3 is 10.2 Å². The van der Waals surface area contributed by atoms with Crippen LogP contribution in [0.4, 0.5) is 4.39 Å². The van der Waals surface area contributed by atoms with Crippen LogP contribution in [0.2, 0.25) is 0 Å². The number of rotatable bonds is 3. The maximum Gasteiger partial charge on any atom is 0.420 e. The minimum atomic E-state index is -0.454. The van der Waals surface area contributed by atoms with Crippen molar-refractivity contribution < 1.29 is 8.81 Å². The van der Waals surface area contributed by atoms with Gasteiger partial charge >= 0.3 is 5.76 Å². The Hall–Kier alpha value is -2.40. The molecule has 1 aromatic heterocycles. The molecule has 0 fully saturated rings. The second-order valence-corrected chi connectivity index (χ2v) is 4.59. The average Bonchev–Trinajstić information content (AvgIpc) is 2.75. The van der Waals surface area contributed by atoms with Gasteiger partial charge in [0.2, 0.25) is 0 Å². The Morgan fingerprint density at radius 3 is 2.70 bits per heavy atom. The number of nitrogens with zero attached hydrogens (tertiary/aromatic N) is 1. The number of nitrogens with two attached hydrogens (primary N) is 1. The van der Waals surface area contributed by atoms with Crippen LogP contribution in [0.5, 0.6) is 0 Å². The van der Waals surface area contributed by atoms with Gasteiger partial charge in [-0.3, -0.25) is 4.57 Å². The molecule has 4 nitrogen and oxygen atoms in total. The standard InChI is InChI=1S/C15H13FN2O2/c16-12-6-10(8-17)5-11(7-12)9-18-13-3-1-2-4-14(13)20-15(18)19/h1-7H,8-9,17H2. The summed E-state index contributed by atoms with van der Waals surface area (Å²) in [4.78, 5) is 11.9. The van der Waals surface area contributed by atoms with Gasteiger partial charge in [-0.15, -0.1) is 0 Å². The highest BCUT2D eigenvalue weighted by Gasteiger charge is 2.09. The first-order valence-electron chi connectivity index (χ1n) is 6.24. The molecule has 0 saturated heterocycles. The Morgan fingerprint density at radius 2 is 1.90 bits per heavy atom. The summed E-state index contributed by atoms with van der Waals surface area (Å²) in [6, 6.07) is 11.7. The predicted octanol–water partition coefficient (Wildman–Crippen LogP) is 2.24. The Bertz CT molecular complexity index is 820. The summed E-state index contributed by atoms with van der Waals surface area (Å²) in [5.74, 6) is -0.812. The van der Waals surface area contributed by atoms with E-state index in [1.165, 1.54) is 16.7 Å². The molecule has 0 atom stereocenters. The molecule has 0 aliphatic heterocycles. The van der Waals surface area contributed by atoms with Crippen LogP contribution in [0.1, 0.15) is 11.1 Å². The monoisotopic (exact) mass is 272 g/mol. The van der Waals surface area contributed by atoms with Gasteiger partial charge in [-0.1, -0.05) is 18.2 Å². The van der Waals surface area contributed by atoms with Crippen LogP contribution in [0.15, 0.2) is 51.7 Å². The lowest BCUT2D eigenvalue weighted by molar-refractivity contribution is 0.517. The van der Waals surface area contributed by atoms with Crippen LogP contribution in [-0.4, -0.2) is 4.57 Å². The second-order valence-electron chi connectivity index (χ2n) is 4.59. The molecule has 1 heterocycles. The lowest BCUT2D eigenvalue weighted by atomic mass is 10.1. The van der Waals surface area contributed by atoms with E-state index in [0.717, 1.165) is 0 Å². The fourth-order valence-corrected chi connectivity index (χ4v) is 2.27. The third-order valence-corrected chi connectivity index (χ3v) is 3.17. The van der Waals surface area contributed by atoms with E-state index in [0.29, 0.717) is 22.2 Å². The van der Waals surface area contributed by atoms with Crippen LogP contribution in [0.25, 0.3) is 11.1 Å². The van der Waals surface area contributed by atoms with Gasteiger partial charge in [0, 0.05) is 6.54 Å². The zero-order chi connectivity index (χ0) is 14.1. The molecule has 3 rings (SSSR count). The third kappa shape index (κ3) is 2.23. The highest BCUT2D eigenvalue weighted by atomic mass is 19.1. The number of fused-ring (bicyclic) bond motifs is 1. The number of hydrogen-bond acceptors (Lipinski definition) is 3. The highest BCUT2D eigenvalue weighted by molar-refractivity contribution is 5.72. The Labute approximate surface area is 114 Å². The molecular formula is C15H13FN2O2. The van der Waals surface area contributed by atoms with Crippen molar-refractivity contribution >= 4 is 11.1 Å². The summed E-state index contributed by atoms with van der Waals surface area (Å²) in [6.45, 7) is 0.506. The first-order valence-corrected chi connectivity index (χ1v) is 6.24. The predicted molar refractivity (Wildman–Crippen MR) is 73.9 cm³/mol. The Balaban J connectivity index is 2.07. The zero-order valence-corrected chi connectivity index (χ0v) is 10.7. The van der Waals surface area contributed by atoms with E-state index in [9.17, 15) is 9.18 Å². The smallest absolute Gasteiger partial charge is 0.408 e. The summed E-state index contributed by atoms with van der Waals surface area (Å²) in [6.07, 6.45) is 0. The normalized spacial score (nSPS) is 11.1. The van der Waals surface area contributed by atoms with Gasteiger partial charge in [0.1, 0.15) is 5.82 Å². The SMILES string of the molecule is NCc1cc(F)cc(Cn2c(=O)oc3ccccc32)c1. The summed E-state index contributed by atoms with van der Waals surface area (Å²) >= 11 is 0. The van der Waals surface area contributed by atoms with Crippen molar-refractivity contribution in [2.75, 3.05) is 0 Å². The largest absolute Gasteiger partial charge is 0.420 e. The van der Waals surface area contributed by atoms with Gasteiger partial charge in [-0.2, -0.15) is 0 Å². The molecule has 3 aromatic rings. The van der Waals surface area contributed by atoms with Gasteiger partial charge in [0.05, 0.1) is 12.1 Å². The number of para-hydroxylation sites is 2. The lowest BCUT2D eigenvalue weighted by Gasteiger charge is -2.05. The first-order chi connectivity index (χ1) is 9.67. The minimum Gasteiger partial charge on any atom is -0.408 e. The molecule has 0 saturated carbocycles. The average molecular weight is 272 g/mol. The number of aromatic nitrogens is 1. The molecule has 0 aliphatic carbocycles. The zero-order valence-electron chi connectivity index (χ0n) is 10.7. The lowest BCUT2D eigenvalue weighted by Crippen LogP contribution is -2.15. The maximum atomic E-state index is 13.5. The molecular weight excluding hydrogens is 259 g/mol.